The number of carbonyl (C=O) groups is 1. The van der Waals surface area contributed by atoms with Crippen molar-refractivity contribution in [2.45, 2.75) is 19.4 Å². The number of anilines is 1. The molecular weight excluding hydrogens is 272 g/mol. The molecule has 0 aliphatic carbocycles. The van der Waals surface area contributed by atoms with Gasteiger partial charge in [-0.05, 0) is 24.6 Å². The van der Waals surface area contributed by atoms with E-state index >= 15 is 0 Å². The van der Waals surface area contributed by atoms with Gasteiger partial charge in [0.15, 0.2) is 0 Å². The van der Waals surface area contributed by atoms with Crippen molar-refractivity contribution in [1.29, 1.82) is 0 Å². The van der Waals surface area contributed by atoms with Gasteiger partial charge in [-0.1, -0.05) is 22.9 Å². The topological polar surface area (TPSA) is 75.3 Å². The van der Waals surface area contributed by atoms with Crippen molar-refractivity contribution in [3.05, 3.63) is 28.2 Å². The molecule has 1 aromatic rings. The largest absolute Gasteiger partial charge is 0.399 e. The van der Waals surface area contributed by atoms with Crippen LogP contribution in [0.15, 0.2) is 22.7 Å². The summed E-state index contributed by atoms with van der Waals surface area (Å²) >= 11 is 3.27. The molecule has 1 atom stereocenters. The van der Waals surface area contributed by atoms with Crippen LogP contribution in [0.25, 0.3) is 0 Å². The maximum absolute atomic E-state index is 11.8. The van der Waals surface area contributed by atoms with Crippen LogP contribution >= 0.6 is 15.9 Å². The molecule has 0 heterocycles. The number of hydrogen-bond acceptors (Lipinski definition) is 3. The molecule has 1 rings (SSSR count). The third kappa shape index (κ3) is 3.50. The molecule has 4 N–H and O–H groups in total. The van der Waals surface area contributed by atoms with Gasteiger partial charge in [0.25, 0.3) is 5.91 Å². The maximum atomic E-state index is 11.8. The molecule has 4 nitrogen and oxygen atoms in total. The molecule has 88 valence electrons. The van der Waals surface area contributed by atoms with Crippen LogP contribution < -0.4 is 11.1 Å². The van der Waals surface area contributed by atoms with Gasteiger partial charge in [-0.3, -0.25) is 4.79 Å². The van der Waals surface area contributed by atoms with E-state index in [0.717, 1.165) is 4.47 Å². The number of aliphatic hydroxyl groups excluding tert-OH is 1. The van der Waals surface area contributed by atoms with Crippen molar-refractivity contribution < 1.29 is 9.90 Å². The number of nitrogens with two attached hydrogens (primary N) is 1. The van der Waals surface area contributed by atoms with Crippen molar-refractivity contribution in [1.82, 2.24) is 5.32 Å². The van der Waals surface area contributed by atoms with Crippen LogP contribution in [-0.2, 0) is 0 Å². The average molecular weight is 287 g/mol. The zero-order valence-corrected chi connectivity index (χ0v) is 10.6. The van der Waals surface area contributed by atoms with Gasteiger partial charge >= 0.3 is 0 Å². The summed E-state index contributed by atoms with van der Waals surface area (Å²) < 4.78 is 0.759. The Hall–Kier alpha value is -1.07. The van der Waals surface area contributed by atoms with Gasteiger partial charge in [0.2, 0.25) is 0 Å². The lowest BCUT2D eigenvalue weighted by Crippen LogP contribution is -2.36. The minimum absolute atomic E-state index is 0.0638. The third-order valence-corrected chi connectivity index (χ3v) is 2.69. The lowest BCUT2D eigenvalue weighted by Gasteiger charge is -2.14. The van der Waals surface area contributed by atoms with E-state index in [9.17, 15) is 4.79 Å². The number of nitrogens with one attached hydrogen (secondary N) is 1. The predicted molar refractivity (Wildman–Crippen MR) is 67.2 cm³/mol. The van der Waals surface area contributed by atoms with Gasteiger partial charge in [0.05, 0.1) is 12.6 Å². The number of nitrogen functional groups attached to an aromatic ring is 1. The van der Waals surface area contributed by atoms with Gasteiger partial charge in [0, 0.05) is 15.7 Å². The summed E-state index contributed by atoms with van der Waals surface area (Å²) in [5, 5.41) is 11.7. The minimum atomic E-state index is -0.228. The highest BCUT2D eigenvalue weighted by Crippen LogP contribution is 2.17. The van der Waals surface area contributed by atoms with Crippen molar-refractivity contribution in [3.63, 3.8) is 0 Å². The van der Waals surface area contributed by atoms with Gasteiger partial charge in [0.1, 0.15) is 0 Å². The number of rotatable bonds is 4. The highest BCUT2D eigenvalue weighted by molar-refractivity contribution is 9.10. The van der Waals surface area contributed by atoms with Crippen LogP contribution in [0.2, 0.25) is 0 Å². The molecular formula is C11H15BrN2O2. The Bertz CT molecular complexity index is 358. The summed E-state index contributed by atoms with van der Waals surface area (Å²) in [4.78, 5) is 11.8. The summed E-state index contributed by atoms with van der Waals surface area (Å²) in [6.45, 7) is 1.84. The second-order valence-electron chi connectivity index (χ2n) is 3.53. The third-order valence-electron chi connectivity index (χ3n) is 2.23. The number of halogens is 1. The van der Waals surface area contributed by atoms with E-state index in [4.69, 9.17) is 10.8 Å². The van der Waals surface area contributed by atoms with Gasteiger partial charge in [-0.25, -0.2) is 0 Å². The first-order valence-corrected chi connectivity index (χ1v) is 5.84. The van der Waals surface area contributed by atoms with Crippen molar-refractivity contribution in [2.24, 2.45) is 0 Å². The maximum Gasteiger partial charge on any atom is 0.251 e. The Balaban J connectivity index is 2.80. The first kappa shape index (κ1) is 13.0. The highest BCUT2D eigenvalue weighted by Gasteiger charge is 2.11. The standard InChI is InChI=1S/C11H15BrN2O2/c1-2-10(6-15)14-11(16)7-3-8(12)5-9(13)4-7/h3-5,10,15H,2,6,13H2,1H3,(H,14,16)/t10-/m0/s1. The zero-order valence-electron chi connectivity index (χ0n) is 9.03. The number of carbonyl (C=O) groups excluding carboxylic acids is 1. The quantitative estimate of drug-likeness (QED) is 0.735. The zero-order chi connectivity index (χ0) is 12.1. The van der Waals surface area contributed by atoms with Crippen LogP contribution in [-0.4, -0.2) is 23.7 Å². The Morgan fingerprint density at radius 3 is 2.75 bits per heavy atom. The molecule has 0 fully saturated rings. The second kappa shape index (κ2) is 5.86. The van der Waals surface area contributed by atoms with Gasteiger partial charge < -0.3 is 16.2 Å². The number of hydrogen-bond donors (Lipinski definition) is 3. The van der Waals surface area contributed by atoms with Crippen molar-refractivity contribution >= 4 is 27.5 Å². The van der Waals surface area contributed by atoms with E-state index in [1.807, 2.05) is 6.92 Å². The summed E-state index contributed by atoms with van der Waals surface area (Å²) in [5.74, 6) is -0.228. The Kier molecular flexibility index (Phi) is 4.76. The summed E-state index contributed by atoms with van der Waals surface area (Å²) in [6, 6.07) is 4.80. The van der Waals surface area contributed by atoms with Crippen molar-refractivity contribution in [3.8, 4) is 0 Å². The molecule has 0 unspecified atom stereocenters. The molecule has 1 amide bonds. The Morgan fingerprint density at radius 1 is 1.56 bits per heavy atom. The fourth-order valence-corrected chi connectivity index (χ4v) is 1.80. The Labute approximate surface area is 103 Å². The van der Waals surface area contributed by atoms with E-state index < -0.39 is 0 Å². The summed E-state index contributed by atoms with van der Waals surface area (Å²) in [5.41, 5.74) is 6.64. The molecule has 0 saturated carbocycles. The van der Waals surface area contributed by atoms with Crippen LogP contribution in [0.5, 0.6) is 0 Å². The highest BCUT2D eigenvalue weighted by atomic mass is 79.9. The first-order valence-electron chi connectivity index (χ1n) is 5.04. The average Bonchev–Trinajstić information content (AvgIpc) is 2.24. The van der Waals surface area contributed by atoms with Gasteiger partial charge in [-0.15, -0.1) is 0 Å². The van der Waals surface area contributed by atoms with E-state index in [-0.39, 0.29) is 18.6 Å². The lowest BCUT2D eigenvalue weighted by atomic mass is 10.1. The van der Waals surface area contributed by atoms with Gasteiger partial charge in [-0.2, -0.15) is 0 Å². The monoisotopic (exact) mass is 286 g/mol. The number of amides is 1. The first-order chi connectivity index (χ1) is 7.56. The molecule has 0 bridgehead atoms. The molecule has 1 aromatic carbocycles. The summed E-state index contributed by atoms with van der Waals surface area (Å²) in [7, 11) is 0. The molecule has 5 heteroatoms. The van der Waals surface area contributed by atoms with Crippen molar-refractivity contribution in [2.75, 3.05) is 12.3 Å². The second-order valence-corrected chi connectivity index (χ2v) is 4.45. The molecule has 0 aromatic heterocycles. The van der Waals surface area contributed by atoms with Crippen LogP contribution in [0, 0.1) is 0 Å². The van der Waals surface area contributed by atoms with E-state index in [2.05, 4.69) is 21.2 Å². The normalized spacial score (nSPS) is 12.2. The molecule has 16 heavy (non-hydrogen) atoms. The lowest BCUT2D eigenvalue weighted by molar-refractivity contribution is 0.0915. The van der Waals surface area contributed by atoms with Crippen LogP contribution in [0.1, 0.15) is 23.7 Å². The van der Waals surface area contributed by atoms with Crippen LogP contribution in [0.3, 0.4) is 0 Å². The SMILES string of the molecule is CC[C@@H](CO)NC(=O)c1cc(N)cc(Br)c1. The number of aliphatic hydroxyl groups is 1. The molecule has 0 saturated heterocycles. The Morgan fingerprint density at radius 2 is 2.25 bits per heavy atom. The molecule has 0 spiro atoms. The minimum Gasteiger partial charge on any atom is -0.399 e. The molecule has 0 aliphatic rings. The number of benzene rings is 1. The fraction of sp³-hybridized carbons (Fsp3) is 0.364. The van der Waals surface area contributed by atoms with E-state index in [1.165, 1.54) is 0 Å². The molecule has 0 aliphatic heterocycles. The van der Waals surface area contributed by atoms with E-state index in [1.54, 1.807) is 18.2 Å². The fourth-order valence-electron chi connectivity index (χ4n) is 1.29. The molecule has 0 radical (unpaired) electrons. The smallest absolute Gasteiger partial charge is 0.251 e. The van der Waals surface area contributed by atoms with E-state index in [0.29, 0.717) is 17.7 Å². The van der Waals surface area contributed by atoms with Crippen LogP contribution in [0.4, 0.5) is 5.69 Å². The summed E-state index contributed by atoms with van der Waals surface area (Å²) in [6.07, 6.45) is 0.686. The predicted octanol–water partition coefficient (Wildman–Crippen LogP) is 1.53.